The van der Waals surface area contributed by atoms with E-state index in [0.717, 1.165) is 17.0 Å². The Labute approximate surface area is 204 Å². The smallest absolute Gasteiger partial charge is 0.365 e. The average molecular weight is 498 g/mol. The molecular weight excluding hydrogens is 477 g/mol. The van der Waals surface area contributed by atoms with Crippen LogP contribution < -0.4 is 15.5 Å². The second-order valence-corrected chi connectivity index (χ2v) is 9.60. The minimum atomic E-state index is -4.83. The molecule has 0 aromatic heterocycles. The van der Waals surface area contributed by atoms with Crippen LogP contribution in [0, 0.1) is 18.4 Å². The molecule has 8 nitrogen and oxygen atoms in total. The number of rotatable bonds is 3. The third-order valence-corrected chi connectivity index (χ3v) is 7.34. The van der Waals surface area contributed by atoms with Crippen molar-refractivity contribution in [3.8, 4) is 0 Å². The van der Waals surface area contributed by atoms with Gasteiger partial charge in [-0.3, -0.25) is 9.59 Å². The summed E-state index contributed by atoms with van der Waals surface area (Å²) in [5, 5.41) is 5.54. The van der Waals surface area contributed by atoms with Crippen LogP contribution in [0.1, 0.15) is 25.8 Å². The van der Waals surface area contributed by atoms with E-state index in [-0.39, 0.29) is 12.1 Å². The van der Waals surface area contributed by atoms with Crippen molar-refractivity contribution in [1.29, 1.82) is 0 Å². The van der Waals surface area contributed by atoms with Gasteiger partial charge < -0.3 is 15.4 Å². The number of carbonyl (C=O) groups excluding carboxylic acids is 3. The highest BCUT2D eigenvalue weighted by Crippen LogP contribution is 2.61. The van der Waals surface area contributed by atoms with Gasteiger partial charge >= 0.3 is 12.2 Å². The molecule has 3 heterocycles. The molecule has 0 aliphatic carbocycles. The zero-order valence-electron chi connectivity index (χ0n) is 19.2. The summed E-state index contributed by atoms with van der Waals surface area (Å²) in [6.07, 6.45) is -4.59. The van der Waals surface area contributed by atoms with Crippen molar-refractivity contribution in [2.75, 3.05) is 10.2 Å². The summed E-state index contributed by atoms with van der Waals surface area (Å²) >= 11 is 0. The van der Waals surface area contributed by atoms with E-state index in [9.17, 15) is 27.6 Å². The maximum Gasteiger partial charge on any atom is 0.407 e. The summed E-state index contributed by atoms with van der Waals surface area (Å²) in [7, 11) is 0. The van der Waals surface area contributed by atoms with Crippen molar-refractivity contribution < 1.29 is 32.3 Å². The van der Waals surface area contributed by atoms with E-state index in [0.29, 0.717) is 11.8 Å². The Morgan fingerprint density at radius 3 is 2.42 bits per heavy atom. The molecule has 2 unspecified atom stereocenters. The monoisotopic (exact) mass is 498 g/mol. The highest BCUT2D eigenvalue weighted by Gasteiger charge is 2.76. The number of nitrogens with zero attached hydrogens (tertiary/aromatic N) is 2. The molecule has 5 atom stereocenters. The van der Waals surface area contributed by atoms with Crippen LogP contribution in [0.15, 0.2) is 48.5 Å². The predicted molar refractivity (Wildman–Crippen MR) is 122 cm³/mol. The van der Waals surface area contributed by atoms with Crippen molar-refractivity contribution >= 4 is 34.9 Å². The fraction of sp³-hybridized carbons (Fsp3) is 0.360. The molecule has 4 amide bonds. The lowest BCUT2D eigenvalue weighted by molar-refractivity contribution is -0.137. The van der Waals surface area contributed by atoms with Crippen molar-refractivity contribution in [1.82, 2.24) is 5.32 Å². The number of alkyl halides is 3. The maximum atomic E-state index is 13.5. The Balaban J connectivity index is 1.44. The van der Waals surface area contributed by atoms with Gasteiger partial charge in [0.2, 0.25) is 11.8 Å². The van der Waals surface area contributed by atoms with Crippen molar-refractivity contribution in [3.63, 3.8) is 0 Å². The zero-order valence-corrected chi connectivity index (χ0v) is 19.2. The van der Waals surface area contributed by atoms with Gasteiger partial charge in [0.1, 0.15) is 0 Å². The lowest BCUT2D eigenvalue weighted by Crippen LogP contribution is -2.57. The Bertz CT molecular complexity index is 1320. The van der Waals surface area contributed by atoms with E-state index in [1.807, 2.05) is 0 Å². The molecule has 2 N–H and O–H groups in total. The summed E-state index contributed by atoms with van der Waals surface area (Å²) in [6, 6.07) is 10.4. The number of urea groups is 1. The normalized spacial score (nSPS) is 30.8. The highest BCUT2D eigenvalue weighted by atomic mass is 19.4. The zero-order chi connectivity index (χ0) is 26.0. The molecule has 5 rings (SSSR count). The third-order valence-electron chi connectivity index (χ3n) is 7.34. The van der Waals surface area contributed by atoms with Gasteiger partial charge in [0.15, 0.2) is 5.69 Å². The number of imide groups is 1. The molecule has 3 saturated heterocycles. The molecule has 3 fully saturated rings. The van der Waals surface area contributed by atoms with Gasteiger partial charge in [0.05, 0.1) is 41.2 Å². The molecule has 0 saturated carbocycles. The Morgan fingerprint density at radius 2 is 1.78 bits per heavy atom. The summed E-state index contributed by atoms with van der Waals surface area (Å²) in [5.74, 6) is -3.28. The maximum absolute atomic E-state index is 13.5. The fourth-order valence-electron chi connectivity index (χ4n) is 5.84. The van der Waals surface area contributed by atoms with Gasteiger partial charge in [-0.25, -0.2) is 14.5 Å². The Hall–Kier alpha value is -3.91. The predicted octanol–water partition coefficient (Wildman–Crippen LogP) is 4.50. The fourth-order valence-corrected chi connectivity index (χ4v) is 5.84. The first-order chi connectivity index (χ1) is 16.9. The molecule has 11 heteroatoms. The summed E-state index contributed by atoms with van der Waals surface area (Å²) < 4.78 is 46.7. The number of halogens is 3. The Morgan fingerprint density at radius 1 is 1.11 bits per heavy atom. The number of para-hydroxylation sites is 1. The van der Waals surface area contributed by atoms with Gasteiger partial charge in [-0.2, -0.15) is 13.2 Å². The third kappa shape index (κ3) is 3.44. The number of carbonyl (C=O) groups is 3. The van der Waals surface area contributed by atoms with Gasteiger partial charge in [-0.05, 0) is 38.1 Å². The first-order valence-electron chi connectivity index (χ1n) is 11.2. The number of anilines is 2. The first-order valence-corrected chi connectivity index (χ1v) is 11.2. The topological polar surface area (TPSA) is 92.1 Å². The van der Waals surface area contributed by atoms with Crippen LogP contribution in [0.2, 0.25) is 0 Å². The second kappa shape index (κ2) is 7.80. The number of fused-ring (bicyclic) bond motifs is 5. The van der Waals surface area contributed by atoms with Crippen LogP contribution in [-0.4, -0.2) is 35.1 Å². The van der Waals surface area contributed by atoms with Gasteiger partial charge in [-0.15, -0.1) is 0 Å². The summed E-state index contributed by atoms with van der Waals surface area (Å²) in [4.78, 5) is 43.2. The van der Waals surface area contributed by atoms with Crippen LogP contribution in [0.4, 0.5) is 35.0 Å². The van der Waals surface area contributed by atoms with Crippen molar-refractivity contribution in [2.24, 2.45) is 11.8 Å². The van der Waals surface area contributed by atoms with E-state index in [4.69, 9.17) is 11.3 Å². The molecule has 36 heavy (non-hydrogen) atoms. The van der Waals surface area contributed by atoms with E-state index < -0.39 is 64.4 Å². The molecule has 0 spiro atoms. The standard InChI is InChI=1S/C25H21F3N4O4/c1-23-12-17(31-22(35)30-13-7-5-4-6-8-13)24(2,36-23)19-18(23)20(33)32(21(19)34)14-9-10-16(29-3)15(11-14)25(26,27)28/h4-11,17-19H,12H2,1-2H3,(H2,30,31,35)/t17-,18-,19+,23?,24?/m0/s1. The minimum absolute atomic E-state index is 0.240. The molecular formula is C25H21F3N4O4. The number of ether oxygens (including phenoxy) is 1. The molecule has 186 valence electrons. The lowest BCUT2D eigenvalue weighted by Gasteiger charge is -2.35. The molecule has 2 bridgehead atoms. The van der Waals surface area contributed by atoms with Crippen LogP contribution in [0.25, 0.3) is 4.85 Å². The number of amides is 4. The first kappa shape index (κ1) is 23.8. The van der Waals surface area contributed by atoms with E-state index in [1.54, 1.807) is 44.2 Å². The Kier molecular flexibility index (Phi) is 5.16. The molecule has 0 radical (unpaired) electrons. The van der Waals surface area contributed by atoms with Crippen molar-refractivity contribution in [2.45, 2.75) is 43.7 Å². The van der Waals surface area contributed by atoms with Crippen LogP contribution in [0.3, 0.4) is 0 Å². The highest BCUT2D eigenvalue weighted by molar-refractivity contribution is 6.23. The number of benzene rings is 2. The SMILES string of the molecule is [C-]#[N+]c1ccc(N2C(=O)[C@@H]3[C@H](C2=O)C2(C)OC3(C)C[C@@H]2NC(=O)Nc2ccccc2)cc1C(F)(F)F. The van der Waals surface area contributed by atoms with Gasteiger partial charge in [-0.1, -0.05) is 24.3 Å². The molecule has 2 aromatic carbocycles. The number of nitrogens with one attached hydrogen (secondary N) is 2. The minimum Gasteiger partial charge on any atom is -0.365 e. The quantitative estimate of drug-likeness (QED) is 0.482. The average Bonchev–Trinajstić information content (AvgIpc) is 3.33. The van der Waals surface area contributed by atoms with Crippen LogP contribution in [-0.2, 0) is 20.5 Å². The second-order valence-electron chi connectivity index (χ2n) is 9.60. The van der Waals surface area contributed by atoms with Gasteiger partial charge in [0, 0.05) is 17.8 Å². The molecule has 2 aromatic rings. The van der Waals surface area contributed by atoms with Gasteiger partial charge in [0.25, 0.3) is 0 Å². The van der Waals surface area contributed by atoms with E-state index in [1.165, 1.54) is 0 Å². The van der Waals surface area contributed by atoms with Crippen molar-refractivity contribution in [3.05, 3.63) is 65.5 Å². The number of hydrogen-bond donors (Lipinski definition) is 2. The molecule has 3 aliphatic heterocycles. The lowest BCUT2D eigenvalue weighted by atomic mass is 9.66. The summed E-state index contributed by atoms with van der Waals surface area (Å²) in [5.41, 5.74) is -3.89. The van der Waals surface area contributed by atoms with Crippen LogP contribution >= 0.6 is 0 Å². The van der Waals surface area contributed by atoms with E-state index in [2.05, 4.69) is 15.5 Å². The van der Waals surface area contributed by atoms with E-state index >= 15 is 0 Å². The molecule has 3 aliphatic rings. The summed E-state index contributed by atoms with van der Waals surface area (Å²) in [6.45, 7) is 10.3. The largest absolute Gasteiger partial charge is 0.407 e. The number of hydrogen-bond acceptors (Lipinski definition) is 4. The van der Waals surface area contributed by atoms with Crippen LogP contribution in [0.5, 0.6) is 0 Å².